The van der Waals surface area contributed by atoms with Gasteiger partial charge in [0.2, 0.25) is 0 Å². The molecule has 0 bridgehead atoms. The number of hydrogen-bond donors (Lipinski definition) is 1. The minimum Gasteiger partial charge on any atom is -0.491 e. The van der Waals surface area contributed by atoms with E-state index in [4.69, 9.17) is 16.3 Å². The fraction of sp³-hybridized carbons (Fsp3) is 0.211. The largest absolute Gasteiger partial charge is 0.491 e. The first-order chi connectivity index (χ1) is 11.0. The van der Waals surface area contributed by atoms with Crippen molar-refractivity contribution in [3.05, 3.63) is 70.4 Å². The first-order valence-electron chi connectivity index (χ1n) is 7.42. The molecule has 120 valence electrons. The number of carbonyl (C=O) groups is 1. The Morgan fingerprint density at radius 3 is 2.22 bits per heavy atom. The van der Waals surface area contributed by atoms with E-state index in [-0.39, 0.29) is 11.7 Å². The molecule has 0 heterocycles. The molecule has 1 amide bonds. The summed E-state index contributed by atoms with van der Waals surface area (Å²) in [4.78, 5) is 12.3. The predicted molar refractivity (Wildman–Crippen MR) is 95.6 cm³/mol. The van der Waals surface area contributed by atoms with Crippen molar-refractivity contribution in [3.63, 3.8) is 0 Å². The summed E-state index contributed by atoms with van der Waals surface area (Å²) in [5.41, 5.74) is 2.81. The van der Waals surface area contributed by atoms with E-state index in [1.807, 2.05) is 36.4 Å². The second kappa shape index (κ2) is 7.84. The second-order valence-electron chi connectivity index (χ2n) is 5.50. The summed E-state index contributed by atoms with van der Waals surface area (Å²) in [5, 5.41) is 3.48. The summed E-state index contributed by atoms with van der Waals surface area (Å²) >= 11 is 5.86. The number of ether oxygens (including phenoxy) is 1. The van der Waals surface area contributed by atoms with Crippen LogP contribution in [-0.4, -0.2) is 13.0 Å². The number of anilines is 1. The van der Waals surface area contributed by atoms with E-state index in [1.165, 1.54) is 12.7 Å². The molecule has 0 saturated carbocycles. The summed E-state index contributed by atoms with van der Waals surface area (Å²) in [6, 6.07) is 15.0. The normalized spacial score (nSPS) is 11.4. The van der Waals surface area contributed by atoms with Gasteiger partial charge in [0, 0.05) is 10.7 Å². The minimum absolute atomic E-state index is 0.236. The minimum atomic E-state index is -0.292. The lowest BCUT2D eigenvalue weighted by Gasteiger charge is -2.10. The van der Waals surface area contributed by atoms with Gasteiger partial charge in [-0.3, -0.25) is 4.79 Å². The number of benzene rings is 2. The molecule has 0 unspecified atom stereocenters. The van der Waals surface area contributed by atoms with Crippen molar-refractivity contribution in [1.29, 1.82) is 0 Å². The third-order valence-electron chi connectivity index (χ3n) is 3.45. The molecule has 0 radical (unpaired) electrons. The third-order valence-corrected chi connectivity index (χ3v) is 3.70. The number of carbonyl (C=O) groups excluding carboxylic acids is 1. The number of halogens is 1. The van der Waals surface area contributed by atoms with E-state index in [1.54, 1.807) is 18.2 Å². The molecule has 1 N–H and O–H groups in total. The molecule has 0 atom stereocenters. The molecule has 0 aliphatic rings. The molecule has 2 rings (SSSR count). The number of nitrogens with one attached hydrogen (secondary N) is 1. The van der Waals surface area contributed by atoms with E-state index in [2.05, 4.69) is 19.2 Å². The Bertz CT molecular complexity index is 688. The lowest BCUT2D eigenvalue weighted by molar-refractivity contribution is -0.115. The smallest absolute Gasteiger partial charge is 0.290 e. The Morgan fingerprint density at radius 2 is 1.70 bits per heavy atom. The van der Waals surface area contributed by atoms with Crippen molar-refractivity contribution >= 4 is 29.3 Å². The Balaban J connectivity index is 2.12. The van der Waals surface area contributed by atoms with Gasteiger partial charge in [-0.15, -0.1) is 0 Å². The maximum atomic E-state index is 12.3. The fourth-order valence-electron chi connectivity index (χ4n) is 2.07. The number of methoxy groups -OCH3 is 1. The summed E-state index contributed by atoms with van der Waals surface area (Å²) < 4.78 is 5.20. The van der Waals surface area contributed by atoms with Crippen LogP contribution in [0.5, 0.6) is 0 Å². The molecule has 0 saturated heterocycles. The summed E-state index contributed by atoms with van der Waals surface area (Å²) in [6.45, 7) is 4.26. The molecule has 2 aromatic carbocycles. The highest BCUT2D eigenvalue weighted by Crippen LogP contribution is 2.18. The van der Waals surface area contributed by atoms with E-state index in [0.717, 1.165) is 11.3 Å². The van der Waals surface area contributed by atoms with Crippen LogP contribution in [0.3, 0.4) is 0 Å². The van der Waals surface area contributed by atoms with E-state index >= 15 is 0 Å². The summed E-state index contributed by atoms with van der Waals surface area (Å²) in [7, 11) is 1.48. The van der Waals surface area contributed by atoms with Gasteiger partial charge in [0.25, 0.3) is 5.91 Å². The van der Waals surface area contributed by atoms with Crippen molar-refractivity contribution in [1.82, 2.24) is 0 Å². The van der Waals surface area contributed by atoms with Gasteiger partial charge in [-0.2, -0.15) is 0 Å². The maximum absolute atomic E-state index is 12.3. The number of rotatable bonds is 5. The lowest BCUT2D eigenvalue weighted by atomic mass is 10.0. The van der Waals surface area contributed by atoms with Crippen LogP contribution >= 0.6 is 11.6 Å². The maximum Gasteiger partial charge on any atom is 0.290 e. The van der Waals surface area contributed by atoms with Crippen LogP contribution in [0.1, 0.15) is 30.9 Å². The van der Waals surface area contributed by atoms with Gasteiger partial charge < -0.3 is 10.1 Å². The van der Waals surface area contributed by atoms with Gasteiger partial charge in [0.1, 0.15) is 0 Å². The topological polar surface area (TPSA) is 38.3 Å². The van der Waals surface area contributed by atoms with Gasteiger partial charge in [-0.25, -0.2) is 0 Å². The average Bonchev–Trinajstić information content (AvgIpc) is 2.54. The molecule has 0 aromatic heterocycles. The van der Waals surface area contributed by atoms with Crippen molar-refractivity contribution in [2.45, 2.75) is 19.8 Å². The van der Waals surface area contributed by atoms with Crippen LogP contribution in [-0.2, 0) is 9.53 Å². The molecule has 0 spiro atoms. The zero-order valence-electron chi connectivity index (χ0n) is 13.5. The third kappa shape index (κ3) is 4.86. The molecule has 0 aliphatic heterocycles. The molecule has 3 nitrogen and oxygen atoms in total. The monoisotopic (exact) mass is 329 g/mol. The van der Waals surface area contributed by atoms with Gasteiger partial charge in [-0.1, -0.05) is 49.7 Å². The average molecular weight is 330 g/mol. The van der Waals surface area contributed by atoms with Crippen LogP contribution < -0.4 is 5.32 Å². The molecule has 23 heavy (non-hydrogen) atoms. The molecular formula is C19H20ClNO2. The van der Waals surface area contributed by atoms with E-state index < -0.39 is 0 Å². The zero-order chi connectivity index (χ0) is 16.8. The zero-order valence-corrected chi connectivity index (χ0v) is 14.2. The van der Waals surface area contributed by atoms with Crippen molar-refractivity contribution in [2.75, 3.05) is 12.4 Å². The van der Waals surface area contributed by atoms with Gasteiger partial charge in [0.05, 0.1) is 7.11 Å². The second-order valence-corrected chi connectivity index (χ2v) is 5.93. The molecule has 0 fully saturated rings. The highest BCUT2D eigenvalue weighted by Gasteiger charge is 2.10. The van der Waals surface area contributed by atoms with Gasteiger partial charge in [-0.05, 0) is 47.4 Å². The highest BCUT2D eigenvalue weighted by atomic mass is 35.5. The van der Waals surface area contributed by atoms with Gasteiger partial charge >= 0.3 is 0 Å². The highest BCUT2D eigenvalue weighted by molar-refractivity contribution is 6.30. The van der Waals surface area contributed by atoms with Crippen molar-refractivity contribution in [3.8, 4) is 0 Å². The summed E-state index contributed by atoms with van der Waals surface area (Å²) in [5.74, 6) is 0.402. The van der Waals surface area contributed by atoms with Crippen LogP contribution in [0.15, 0.2) is 54.3 Å². The van der Waals surface area contributed by atoms with E-state index in [9.17, 15) is 4.79 Å². The molecule has 2 aromatic rings. The number of hydrogen-bond acceptors (Lipinski definition) is 2. The Kier molecular flexibility index (Phi) is 5.83. The molecule has 4 heteroatoms. The van der Waals surface area contributed by atoms with Crippen molar-refractivity contribution < 1.29 is 9.53 Å². The summed E-state index contributed by atoms with van der Waals surface area (Å²) in [6.07, 6.45) is 1.67. The standard InChI is InChI=1S/C19H20ClNO2/c1-13(2)15-6-10-17(11-7-15)21-19(22)18(23-3)12-14-4-8-16(20)9-5-14/h4-13H,1-3H3,(H,21,22)/b18-12-. The molecule has 0 aliphatic carbocycles. The Morgan fingerprint density at radius 1 is 1.09 bits per heavy atom. The van der Waals surface area contributed by atoms with Crippen LogP contribution in [0.2, 0.25) is 5.02 Å². The van der Waals surface area contributed by atoms with Gasteiger partial charge in [0.15, 0.2) is 5.76 Å². The SMILES string of the molecule is CO/C(=C\c1ccc(Cl)cc1)C(=O)Nc1ccc(C(C)C)cc1. The Labute approximate surface area is 141 Å². The quantitative estimate of drug-likeness (QED) is 0.613. The first kappa shape index (κ1) is 17.1. The lowest BCUT2D eigenvalue weighted by Crippen LogP contribution is -2.15. The predicted octanol–water partition coefficient (Wildman–Crippen LogP) is 5.09. The van der Waals surface area contributed by atoms with Crippen molar-refractivity contribution in [2.24, 2.45) is 0 Å². The Hall–Kier alpha value is -2.26. The van der Waals surface area contributed by atoms with E-state index in [0.29, 0.717) is 10.9 Å². The number of amides is 1. The molecular weight excluding hydrogens is 310 g/mol. The van der Waals surface area contributed by atoms with Crippen LogP contribution in [0, 0.1) is 0 Å². The van der Waals surface area contributed by atoms with Crippen LogP contribution in [0.4, 0.5) is 5.69 Å². The van der Waals surface area contributed by atoms with Crippen LogP contribution in [0.25, 0.3) is 6.08 Å². The first-order valence-corrected chi connectivity index (χ1v) is 7.80. The fourth-order valence-corrected chi connectivity index (χ4v) is 2.20.